The topological polar surface area (TPSA) is 30.5 Å². The summed E-state index contributed by atoms with van der Waals surface area (Å²) < 4.78 is 24.9. The Hall–Kier alpha value is -0.970. The van der Waals surface area contributed by atoms with Crippen molar-refractivity contribution in [3.8, 4) is 0 Å². The van der Waals surface area contributed by atoms with Crippen LogP contribution in [0.4, 0.5) is 4.39 Å². The van der Waals surface area contributed by atoms with Crippen LogP contribution < -0.4 is 5.32 Å². The third-order valence-corrected chi connectivity index (χ3v) is 3.12. The Kier molecular flexibility index (Phi) is 7.73. The number of nitrogens with one attached hydrogen (secondary N) is 1. The van der Waals surface area contributed by atoms with Crippen LogP contribution in [0.15, 0.2) is 18.2 Å². The zero-order chi connectivity index (χ0) is 15.0. The zero-order valence-corrected chi connectivity index (χ0v) is 12.9. The van der Waals surface area contributed by atoms with Crippen LogP contribution in [0.3, 0.4) is 0 Å². The lowest BCUT2D eigenvalue weighted by Crippen LogP contribution is -2.37. The van der Waals surface area contributed by atoms with Gasteiger partial charge in [-0.15, -0.1) is 0 Å². The lowest BCUT2D eigenvalue weighted by atomic mass is 10.00. The SMILES string of the molecule is CCCNC(c1cc(F)ccc1C)C(OCC)OCC. The molecule has 1 atom stereocenters. The van der Waals surface area contributed by atoms with Crippen LogP contribution in [0, 0.1) is 12.7 Å². The van der Waals surface area contributed by atoms with E-state index in [1.807, 2.05) is 20.8 Å². The van der Waals surface area contributed by atoms with Crippen molar-refractivity contribution >= 4 is 0 Å². The molecule has 0 bridgehead atoms. The number of rotatable bonds is 9. The predicted octanol–water partition coefficient (Wildman–Crippen LogP) is 3.57. The maximum atomic E-state index is 13.6. The van der Waals surface area contributed by atoms with E-state index in [1.165, 1.54) is 6.07 Å². The summed E-state index contributed by atoms with van der Waals surface area (Å²) in [6.45, 7) is 9.88. The van der Waals surface area contributed by atoms with E-state index in [9.17, 15) is 4.39 Å². The standard InChI is InChI=1S/C16H26FNO2/c1-5-10-18-15(16(19-6-2)20-7-3)14-11-13(17)9-8-12(14)4/h8-9,11,15-16,18H,5-7,10H2,1-4H3. The molecule has 0 amide bonds. The first-order valence-corrected chi connectivity index (χ1v) is 7.36. The second-order valence-electron chi connectivity index (χ2n) is 4.71. The van der Waals surface area contributed by atoms with Gasteiger partial charge in [-0.1, -0.05) is 13.0 Å². The minimum Gasteiger partial charge on any atom is -0.351 e. The largest absolute Gasteiger partial charge is 0.351 e. The van der Waals surface area contributed by atoms with E-state index >= 15 is 0 Å². The quantitative estimate of drug-likeness (QED) is 0.703. The number of hydrogen-bond acceptors (Lipinski definition) is 3. The molecule has 0 fully saturated rings. The number of hydrogen-bond donors (Lipinski definition) is 1. The Balaban J connectivity index is 3.04. The van der Waals surface area contributed by atoms with Crippen molar-refractivity contribution in [3.05, 3.63) is 35.1 Å². The van der Waals surface area contributed by atoms with Gasteiger partial charge in [0, 0.05) is 13.2 Å². The van der Waals surface area contributed by atoms with Gasteiger partial charge in [0.2, 0.25) is 0 Å². The van der Waals surface area contributed by atoms with Gasteiger partial charge in [-0.3, -0.25) is 0 Å². The predicted molar refractivity (Wildman–Crippen MR) is 79.2 cm³/mol. The lowest BCUT2D eigenvalue weighted by molar-refractivity contribution is -0.155. The summed E-state index contributed by atoms with van der Waals surface area (Å²) in [4.78, 5) is 0. The van der Waals surface area contributed by atoms with Gasteiger partial charge in [-0.25, -0.2) is 4.39 Å². The Labute approximate surface area is 121 Å². The molecule has 0 radical (unpaired) electrons. The summed E-state index contributed by atoms with van der Waals surface area (Å²) in [7, 11) is 0. The van der Waals surface area contributed by atoms with Gasteiger partial charge in [0.1, 0.15) is 5.82 Å². The van der Waals surface area contributed by atoms with Crippen LogP contribution in [0.25, 0.3) is 0 Å². The maximum absolute atomic E-state index is 13.6. The molecule has 1 N–H and O–H groups in total. The fourth-order valence-corrected chi connectivity index (χ4v) is 2.17. The van der Waals surface area contributed by atoms with E-state index < -0.39 is 6.29 Å². The second-order valence-corrected chi connectivity index (χ2v) is 4.71. The molecule has 1 rings (SSSR count). The summed E-state index contributed by atoms with van der Waals surface area (Å²) in [5.41, 5.74) is 1.93. The molecule has 0 heterocycles. The summed E-state index contributed by atoms with van der Waals surface area (Å²) in [5.74, 6) is -0.236. The fraction of sp³-hybridized carbons (Fsp3) is 0.625. The van der Waals surface area contributed by atoms with Crippen LogP contribution >= 0.6 is 0 Å². The van der Waals surface area contributed by atoms with Crippen LogP contribution in [0.2, 0.25) is 0 Å². The summed E-state index contributed by atoms with van der Waals surface area (Å²) in [6.07, 6.45) is 0.590. The number of benzene rings is 1. The third kappa shape index (κ3) is 4.85. The lowest BCUT2D eigenvalue weighted by Gasteiger charge is -2.29. The van der Waals surface area contributed by atoms with Gasteiger partial charge in [-0.05, 0) is 57.0 Å². The monoisotopic (exact) mass is 283 g/mol. The fourth-order valence-electron chi connectivity index (χ4n) is 2.17. The van der Waals surface area contributed by atoms with Crippen molar-refractivity contribution in [2.24, 2.45) is 0 Å². The maximum Gasteiger partial charge on any atom is 0.176 e. The van der Waals surface area contributed by atoms with Crippen molar-refractivity contribution in [2.45, 2.75) is 46.4 Å². The van der Waals surface area contributed by atoms with Crippen molar-refractivity contribution in [1.82, 2.24) is 5.32 Å². The van der Waals surface area contributed by atoms with Gasteiger partial charge in [0.15, 0.2) is 6.29 Å². The zero-order valence-electron chi connectivity index (χ0n) is 12.9. The molecule has 0 aliphatic rings. The first-order valence-electron chi connectivity index (χ1n) is 7.36. The molecule has 1 unspecified atom stereocenters. The molecular weight excluding hydrogens is 257 g/mol. The van der Waals surface area contributed by atoms with E-state index in [0.29, 0.717) is 13.2 Å². The molecule has 114 valence electrons. The highest BCUT2D eigenvalue weighted by molar-refractivity contribution is 5.30. The molecule has 0 aliphatic carbocycles. The number of ether oxygens (including phenoxy) is 2. The average Bonchev–Trinajstić information content (AvgIpc) is 2.43. The van der Waals surface area contributed by atoms with E-state index in [1.54, 1.807) is 12.1 Å². The molecule has 0 saturated heterocycles. The second kappa shape index (κ2) is 9.06. The molecular formula is C16H26FNO2. The van der Waals surface area contributed by atoms with E-state index in [-0.39, 0.29) is 11.9 Å². The van der Waals surface area contributed by atoms with Crippen LogP contribution in [-0.4, -0.2) is 26.0 Å². The molecule has 1 aromatic carbocycles. The van der Waals surface area contributed by atoms with E-state index in [0.717, 1.165) is 24.1 Å². The van der Waals surface area contributed by atoms with E-state index in [4.69, 9.17) is 9.47 Å². The van der Waals surface area contributed by atoms with Crippen LogP contribution in [-0.2, 0) is 9.47 Å². The normalized spacial score (nSPS) is 12.9. The molecule has 4 heteroatoms. The molecule has 3 nitrogen and oxygen atoms in total. The molecule has 20 heavy (non-hydrogen) atoms. The van der Waals surface area contributed by atoms with Gasteiger partial charge >= 0.3 is 0 Å². The smallest absolute Gasteiger partial charge is 0.176 e. The Morgan fingerprint density at radius 3 is 2.35 bits per heavy atom. The van der Waals surface area contributed by atoms with Crippen molar-refractivity contribution in [1.29, 1.82) is 0 Å². The number of aryl methyl sites for hydroxylation is 1. The highest BCUT2D eigenvalue weighted by Crippen LogP contribution is 2.24. The molecule has 0 aromatic heterocycles. The first kappa shape index (κ1) is 17.1. The minimum absolute atomic E-state index is 0.162. The molecule has 1 aromatic rings. The van der Waals surface area contributed by atoms with Crippen molar-refractivity contribution in [3.63, 3.8) is 0 Å². The Bertz CT molecular complexity index is 392. The summed E-state index contributed by atoms with van der Waals surface area (Å²) >= 11 is 0. The van der Waals surface area contributed by atoms with Crippen molar-refractivity contribution < 1.29 is 13.9 Å². The highest BCUT2D eigenvalue weighted by atomic mass is 19.1. The Morgan fingerprint density at radius 2 is 1.80 bits per heavy atom. The average molecular weight is 283 g/mol. The van der Waals surface area contributed by atoms with Gasteiger partial charge in [0.05, 0.1) is 6.04 Å². The van der Waals surface area contributed by atoms with Crippen LogP contribution in [0.5, 0.6) is 0 Å². The highest BCUT2D eigenvalue weighted by Gasteiger charge is 2.25. The number of halogens is 1. The first-order chi connectivity index (χ1) is 9.63. The Morgan fingerprint density at radius 1 is 1.15 bits per heavy atom. The van der Waals surface area contributed by atoms with Crippen molar-refractivity contribution in [2.75, 3.05) is 19.8 Å². The molecule has 0 aliphatic heterocycles. The van der Waals surface area contributed by atoms with Crippen LogP contribution in [0.1, 0.15) is 44.4 Å². The molecule has 0 spiro atoms. The summed E-state index contributed by atoms with van der Waals surface area (Å²) in [5, 5.41) is 3.41. The minimum atomic E-state index is -0.406. The van der Waals surface area contributed by atoms with Gasteiger partial charge < -0.3 is 14.8 Å². The molecule has 0 saturated carbocycles. The van der Waals surface area contributed by atoms with E-state index in [2.05, 4.69) is 12.2 Å². The van der Waals surface area contributed by atoms with Gasteiger partial charge in [-0.2, -0.15) is 0 Å². The van der Waals surface area contributed by atoms with Gasteiger partial charge in [0.25, 0.3) is 0 Å². The third-order valence-electron chi connectivity index (χ3n) is 3.12. The summed E-state index contributed by atoms with van der Waals surface area (Å²) in [6, 6.07) is 4.67.